The lowest BCUT2D eigenvalue weighted by Gasteiger charge is -2.11. The molecule has 0 fully saturated rings. The van der Waals surface area contributed by atoms with Crippen molar-refractivity contribution in [1.82, 2.24) is 9.97 Å². The molecule has 112 valence electrons. The van der Waals surface area contributed by atoms with Gasteiger partial charge in [0.05, 0.1) is 17.2 Å². The lowest BCUT2D eigenvalue weighted by Crippen LogP contribution is -2.23. The molecule has 1 atom stereocenters. The first-order valence-corrected chi connectivity index (χ1v) is 7.13. The van der Waals surface area contributed by atoms with Crippen LogP contribution in [0.2, 0.25) is 0 Å². The molecule has 0 bridgehead atoms. The Morgan fingerprint density at radius 3 is 2.76 bits per heavy atom. The summed E-state index contributed by atoms with van der Waals surface area (Å²) in [6.07, 6.45) is -0.867. The van der Waals surface area contributed by atoms with Gasteiger partial charge in [-0.15, -0.1) is 0 Å². The van der Waals surface area contributed by atoms with E-state index in [2.05, 4.69) is 31.2 Å². The zero-order valence-corrected chi connectivity index (χ0v) is 12.9. The van der Waals surface area contributed by atoms with Gasteiger partial charge in [0, 0.05) is 23.9 Å². The van der Waals surface area contributed by atoms with Gasteiger partial charge in [0.15, 0.2) is 5.82 Å². The highest BCUT2D eigenvalue weighted by molar-refractivity contribution is 9.10. The van der Waals surface area contributed by atoms with Crippen LogP contribution in [0.3, 0.4) is 0 Å². The Morgan fingerprint density at radius 1 is 1.33 bits per heavy atom. The fourth-order valence-corrected chi connectivity index (χ4v) is 1.96. The maximum absolute atomic E-state index is 13.6. The smallest absolute Gasteiger partial charge is 0.161 e. The SMILES string of the molecule is Cc1cc(NC[C@@H](O)CO)nc(-c2ccc(Br)c(F)c2)n1. The van der Waals surface area contributed by atoms with Crippen molar-refractivity contribution in [2.45, 2.75) is 13.0 Å². The molecule has 0 radical (unpaired) electrons. The van der Waals surface area contributed by atoms with Gasteiger partial charge in [0.2, 0.25) is 0 Å². The summed E-state index contributed by atoms with van der Waals surface area (Å²) < 4.78 is 14.0. The highest BCUT2D eigenvalue weighted by atomic mass is 79.9. The highest BCUT2D eigenvalue weighted by Crippen LogP contribution is 2.23. The van der Waals surface area contributed by atoms with Crippen molar-refractivity contribution in [3.05, 3.63) is 40.2 Å². The van der Waals surface area contributed by atoms with Gasteiger partial charge in [-0.3, -0.25) is 0 Å². The Labute approximate surface area is 130 Å². The number of hydrogen-bond acceptors (Lipinski definition) is 5. The molecule has 2 aromatic rings. The molecule has 1 heterocycles. The summed E-state index contributed by atoms with van der Waals surface area (Å²) in [5.41, 5.74) is 1.27. The lowest BCUT2D eigenvalue weighted by molar-refractivity contribution is 0.105. The minimum absolute atomic E-state index is 0.168. The summed E-state index contributed by atoms with van der Waals surface area (Å²) in [5.74, 6) is 0.513. The second kappa shape index (κ2) is 6.93. The largest absolute Gasteiger partial charge is 0.394 e. The van der Waals surface area contributed by atoms with E-state index in [9.17, 15) is 9.50 Å². The molecule has 0 aliphatic carbocycles. The van der Waals surface area contributed by atoms with Crippen molar-refractivity contribution in [2.24, 2.45) is 0 Å². The van der Waals surface area contributed by atoms with Crippen LogP contribution in [0.25, 0.3) is 11.4 Å². The van der Waals surface area contributed by atoms with Crippen molar-refractivity contribution >= 4 is 21.7 Å². The number of aliphatic hydroxyl groups is 2. The van der Waals surface area contributed by atoms with E-state index in [1.165, 1.54) is 6.07 Å². The summed E-state index contributed by atoms with van der Waals surface area (Å²) in [4.78, 5) is 8.56. The molecule has 3 N–H and O–H groups in total. The first-order chi connectivity index (χ1) is 9.99. The van der Waals surface area contributed by atoms with Crippen LogP contribution in [0, 0.1) is 12.7 Å². The topological polar surface area (TPSA) is 78.3 Å². The Hall–Kier alpha value is -1.57. The summed E-state index contributed by atoms with van der Waals surface area (Å²) in [6, 6.07) is 6.38. The Balaban J connectivity index is 2.27. The standard InChI is InChI=1S/C14H15BrFN3O2/c1-8-4-13(17-6-10(21)7-20)19-14(18-8)9-2-3-11(15)12(16)5-9/h2-5,10,20-21H,6-7H2,1H3,(H,17,18,19)/t10-/m1/s1. The van der Waals surface area contributed by atoms with Crippen molar-refractivity contribution in [1.29, 1.82) is 0 Å². The first kappa shape index (κ1) is 15.8. The number of benzene rings is 1. The highest BCUT2D eigenvalue weighted by Gasteiger charge is 2.09. The number of anilines is 1. The van der Waals surface area contributed by atoms with E-state index in [-0.39, 0.29) is 19.0 Å². The number of nitrogens with zero attached hydrogens (tertiary/aromatic N) is 2. The molecule has 0 aliphatic rings. The quantitative estimate of drug-likeness (QED) is 0.765. The van der Waals surface area contributed by atoms with Crippen LogP contribution in [0.4, 0.5) is 10.2 Å². The Bertz CT molecular complexity index is 640. The van der Waals surface area contributed by atoms with Gasteiger partial charge >= 0.3 is 0 Å². The molecular formula is C14H15BrFN3O2. The number of halogens is 2. The van der Waals surface area contributed by atoms with Gasteiger partial charge < -0.3 is 15.5 Å². The van der Waals surface area contributed by atoms with Crippen molar-refractivity contribution in [2.75, 3.05) is 18.5 Å². The third-order valence-corrected chi connectivity index (χ3v) is 3.40. The summed E-state index contributed by atoms with van der Waals surface area (Å²) in [6.45, 7) is 1.64. The van der Waals surface area contributed by atoms with Gasteiger partial charge in [-0.1, -0.05) is 0 Å². The van der Waals surface area contributed by atoms with E-state index >= 15 is 0 Å². The predicted molar refractivity (Wildman–Crippen MR) is 81.4 cm³/mol. The second-order valence-corrected chi connectivity index (χ2v) is 5.42. The van der Waals surface area contributed by atoms with Crippen molar-refractivity contribution in [3.63, 3.8) is 0 Å². The number of hydrogen-bond donors (Lipinski definition) is 3. The van der Waals surface area contributed by atoms with E-state index in [0.717, 1.165) is 0 Å². The van der Waals surface area contributed by atoms with E-state index in [4.69, 9.17) is 5.11 Å². The molecule has 0 saturated heterocycles. The molecule has 0 amide bonds. The van der Waals surface area contributed by atoms with E-state index in [1.807, 2.05) is 0 Å². The average Bonchev–Trinajstić information content (AvgIpc) is 2.47. The number of aliphatic hydroxyl groups excluding tert-OH is 2. The minimum Gasteiger partial charge on any atom is -0.394 e. The van der Waals surface area contributed by atoms with Gasteiger partial charge in [0.25, 0.3) is 0 Å². The number of aromatic nitrogens is 2. The van der Waals surface area contributed by atoms with Crippen LogP contribution >= 0.6 is 15.9 Å². The maximum Gasteiger partial charge on any atom is 0.161 e. The van der Waals surface area contributed by atoms with Crippen LogP contribution in [0.1, 0.15) is 5.69 Å². The van der Waals surface area contributed by atoms with Crippen LogP contribution < -0.4 is 5.32 Å². The molecule has 21 heavy (non-hydrogen) atoms. The number of rotatable bonds is 5. The molecular weight excluding hydrogens is 341 g/mol. The minimum atomic E-state index is -0.867. The number of nitrogens with one attached hydrogen (secondary N) is 1. The Morgan fingerprint density at radius 2 is 2.10 bits per heavy atom. The maximum atomic E-state index is 13.6. The monoisotopic (exact) mass is 355 g/mol. The molecule has 0 spiro atoms. The summed E-state index contributed by atoms with van der Waals surface area (Å²) in [5, 5.41) is 21.0. The van der Waals surface area contributed by atoms with Gasteiger partial charge in [-0.25, -0.2) is 14.4 Å². The molecule has 7 heteroatoms. The van der Waals surface area contributed by atoms with Gasteiger partial charge in [-0.2, -0.15) is 0 Å². The van der Waals surface area contributed by atoms with Crippen LogP contribution in [-0.4, -0.2) is 39.4 Å². The van der Waals surface area contributed by atoms with E-state index < -0.39 is 6.10 Å². The third-order valence-electron chi connectivity index (χ3n) is 2.76. The Kier molecular flexibility index (Phi) is 5.22. The molecule has 2 rings (SSSR count). The lowest BCUT2D eigenvalue weighted by atomic mass is 10.2. The van der Waals surface area contributed by atoms with Gasteiger partial charge in [-0.05, 0) is 41.1 Å². The van der Waals surface area contributed by atoms with Crippen LogP contribution in [0.5, 0.6) is 0 Å². The normalized spacial score (nSPS) is 12.2. The van der Waals surface area contributed by atoms with E-state index in [0.29, 0.717) is 27.4 Å². The van der Waals surface area contributed by atoms with Crippen molar-refractivity contribution in [3.8, 4) is 11.4 Å². The van der Waals surface area contributed by atoms with Gasteiger partial charge in [0.1, 0.15) is 11.6 Å². The molecule has 0 unspecified atom stereocenters. The molecule has 5 nitrogen and oxygen atoms in total. The van der Waals surface area contributed by atoms with Crippen molar-refractivity contribution < 1.29 is 14.6 Å². The third kappa shape index (κ3) is 4.20. The summed E-state index contributed by atoms with van der Waals surface area (Å²) >= 11 is 3.10. The van der Waals surface area contributed by atoms with Crippen LogP contribution in [0.15, 0.2) is 28.7 Å². The average molecular weight is 356 g/mol. The zero-order valence-electron chi connectivity index (χ0n) is 11.3. The summed E-state index contributed by atoms with van der Waals surface area (Å²) in [7, 11) is 0. The first-order valence-electron chi connectivity index (χ1n) is 6.33. The van der Waals surface area contributed by atoms with Crippen LogP contribution in [-0.2, 0) is 0 Å². The van der Waals surface area contributed by atoms with E-state index in [1.54, 1.807) is 25.1 Å². The molecule has 1 aromatic heterocycles. The zero-order chi connectivity index (χ0) is 15.4. The fourth-order valence-electron chi connectivity index (χ4n) is 1.71. The second-order valence-electron chi connectivity index (χ2n) is 4.56. The fraction of sp³-hybridized carbons (Fsp3) is 0.286. The molecule has 0 saturated carbocycles. The molecule has 0 aliphatic heterocycles. The number of aryl methyl sites for hydroxylation is 1. The molecule has 1 aromatic carbocycles. The predicted octanol–water partition coefficient (Wildman–Crippen LogP) is 2.12.